The van der Waals surface area contributed by atoms with E-state index in [-0.39, 0.29) is 17.1 Å². The molecule has 3 saturated carbocycles. The second kappa shape index (κ2) is 7.73. The number of hydrogen-bond donors (Lipinski definition) is 2. The van der Waals surface area contributed by atoms with Gasteiger partial charge in [-0.05, 0) is 85.7 Å². The highest BCUT2D eigenvalue weighted by molar-refractivity contribution is 5.95. The van der Waals surface area contributed by atoms with E-state index >= 15 is 0 Å². The summed E-state index contributed by atoms with van der Waals surface area (Å²) in [5.41, 5.74) is -0.0257. The molecule has 0 aromatic heterocycles. The summed E-state index contributed by atoms with van der Waals surface area (Å²) < 4.78 is 0. The minimum Gasteiger partial charge on any atom is -0.393 e. The Morgan fingerprint density at radius 3 is 2.47 bits per heavy atom. The Bertz CT molecular complexity index is 711. The third-order valence-electron chi connectivity index (χ3n) is 10.3. The Kier molecular flexibility index (Phi) is 5.80. The van der Waals surface area contributed by atoms with Crippen LogP contribution in [-0.2, 0) is 4.79 Å². The maximum Gasteiger partial charge on any atom is 0.159 e. The molecule has 3 heteroatoms. The molecule has 0 saturated heterocycles. The van der Waals surface area contributed by atoms with E-state index in [0.29, 0.717) is 30.6 Å². The summed E-state index contributed by atoms with van der Waals surface area (Å²) in [4.78, 5) is 13.2. The Morgan fingerprint density at radius 2 is 1.77 bits per heavy atom. The number of aliphatic hydroxyl groups excluding tert-OH is 1. The molecular formula is C27H44O3. The number of carbonyl (C=O) groups excluding carboxylic acids is 1. The summed E-state index contributed by atoms with van der Waals surface area (Å²) >= 11 is 0. The molecule has 0 radical (unpaired) electrons. The Labute approximate surface area is 183 Å². The first-order valence-electron chi connectivity index (χ1n) is 12.7. The van der Waals surface area contributed by atoms with Crippen LogP contribution in [0.25, 0.3) is 0 Å². The number of aliphatic hydroxyl groups is 2. The SMILES string of the molecule is CC(C)CCC[C@@H](C)[C@H]1CC[C@H]2C3=CC(=O)[C@H]4C[C@@H](O)CC[C@]4(C)[C@@]3(O)CC[C@]12C. The molecule has 4 aliphatic rings. The van der Waals surface area contributed by atoms with E-state index in [1.54, 1.807) is 0 Å². The molecule has 0 unspecified atom stereocenters. The minimum absolute atomic E-state index is 0.161. The molecule has 0 aromatic carbocycles. The highest BCUT2D eigenvalue weighted by Crippen LogP contribution is 2.67. The van der Waals surface area contributed by atoms with Crippen LogP contribution in [0.5, 0.6) is 0 Å². The summed E-state index contributed by atoms with van der Waals surface area (Å²) in [5, 5.41) is 22.3. The predicted molar refractivity (Wildman–Crippen MR) is 121 cm³/mol. The van der Waals surface area contributed by atoms with E-state index in [1.807, 2.05) is 6.08 Å². The van der Waals surface area contributed by atoms with E-state index in [2.05, 4.69) is 34.6 Å². The number of carbonyl (C=O) groups is 1. The lowest BCUT2D eigenvalue weighted by atomic mass is 9.45. The largest absolute Gasteiger partial charge is 0.393 e. The Hall–Kier alpha value is -0.670. The molecular weight excluding hydrogens is 372 g/mol. The van der Waals surface area contributed by atoms with Crippen LogP contribution in [0.15, 0.2) is 11.6 Å². The van der Waals surface area contributed by atoms with E-state index in [9.17, 15) is 15.0 Å². The lowest BCUT2D eigenvalue weighted by Gasteiger charge is -2.61. The standard InChI is InChI=1S/C27H44O3/c1-17(2)7-6-8-18(3)20-9-10-21-22-16-24(29)23-15-19(28)11-12-26(23,5)27(22,30)14-13-25(20,21)4/h16-21,23,28,30H,6-15H2,1-5H3/t18-,19+,20-,21+,23-,25-,26+,27-/m1/s1. The lowest BCUT2D eigenvalue weighted by Crippen LogP contribution is -2.63. The average molecular weight is 417 g/mol. The van der Waals surface area contributed by atoms with Crippen molar-refractivity contribution in [2.24, 2.45) is 40.4 Å². The first-order valence-corrected chi connectivity index (χ1v) is 12.7. The van der Waals surface area contributed by atoms with Gasteiger partial charge < -0.3 is 10.2 Å². The van der Waals surface area contributed by atoms with Crippen molar-refractivity contribution < 1.29 is 15.0 Å². The molecule has 0 aromatic rings. The normalized spacial score (nSPS) is 46.8. The number of fused-ring (bicyclic) bond motifs is 5. The zero-order chi connectivity index (χ0) is 21.9. The zero-order valence-electron chi connectivity index (χ0n) is 19.9. The number of rotatable bonds is 5. The topological polar surface area (TPSA) is 57.5 Å². The van der Waals surface area contributed by atoms with Crippen molar-refractivity contribution >= 4 is 5.78 Å². The van der Waals surface area contributed by atoms with Crippen molar-refractivity contribution in [2.45, 2.75) is 111 Å². The van der Waals surface area contributed by atoms with Gasteiger partial charge in [0, 0.05) is 11.3 Å². The van der Waals surface area contributed by atoms with Gasteiger partial charge in [-0.1, -0.05) is 53.9 Å². The monoisotopic (exact) mass is 416 g/mol. The Morgan fingerprint density at radius 1 is 1.03 bits per heavy atom. The van der Waals surface area contributed by atoms with Gasteiger partial charge >= 0.3 is 0 Å². The van der Waals surface area contributed by atoms with Crippen LogP contribution in [0.4, 0.5) is 0 Å². The first-order chi connectivity index (χ1) is 14.0. The third-order valence-corrected chi connectivity index (χ3v) is 10.3. The maximum absolute atomic E-state index is 13.2. The minimum atomic E-state index is -0.869. The molecule has 4 aliphatic carbocycles. The molecule has 0 bridgehead atoms. The molecule has 8 atom stereocenters. The van der Waals surface area contributed by atoms with Gasteiger partial charge in [0.05, 0.1) is 11.7 Å². The van der Waals surface area contributed by atoms with Gasteiger partial charge in [0.1, 0.15) is 0 Å². The smallest absolute Gasteiger partial charge is 0.159 e. The maximum atomic E-state index is 13.2. The summed E-state index contributed by atoms with van der Waals surface area (Å²) in [6.45, 7) is 11.7. The zero-order valence-corrected chi connectivity index (χ0v) is 19.9. The van der Waals surface area contributed by atoms with Gasteiger partial charge in [-0.3, -0.25) is 4.79 Å². The fourth-order valence-corrected chi connectivity index (χ4v) is 8.31. The van der Waals surface area contributed by atoms with E-state index in [4.69, 9.17) is 0 Å². The second-order valence-corrected chi connectivity index (χ2v) is 12.3. The molecule has 2 N–H and O–H groups in total. The second-order valence-electron chi connectivity index (χ2n) is 12.3. The summed E-state index contributed by atoms with van der Waals surface area (Å²) in [6, 6.07) is 0. The van der Waals surface area contributed by atoms with Crippen LogP contribution >= 0.6 is 0 Å². The van der Waals surface area contributed by atoms with Crippen molar-refractivity contribution in [2.75, 3.05) is 0 Å². The summed E-state index contributed by atoms with van der Waals surface area (Å²) in [7, 11) is 0. The van der Waals surface area contributed by atoms with Crippen LogP contribution in [0, 0.1) is 40.4 Å². The molecule has 3 nitrogen and oxygen atoms in total. The van der Waals surface area contributed by atoms with Crippen molar-refractivity contribution in [3.05, 3.63) is 11.6 Å². The van der Waals surface area contributed by atoms with E-state index in [0.717, 1.165) is 37.2 Å². The van der Waals surface area contributed by atoms with Crippen molar-refractivity contribution in [1.29, 1.82) is 0 Å². The first kappa shape index (κ1) is 22.5. The van der Waals surface area contributed by atoms with Gasteiger partial charge in [0.2, 0.25) is 0 Å². The quantitative estimate of drug-likeness (QED) is 0.606. The Balaban J connectivity index is 1.60. The summed E-state index contributed by atoms with van der Waals surface area (Å²) in [6.07, 6.45) is 11.5. The van der Waals surface area contributed by atoms with Gasteiger partial charge in [-0.2, -0.15) is 0 Å². The fourth-order valence-electron chi connectivity index (χ4n) is 8.31. The van der Waals surface area contributed by atoms with Crippen molar-refractivity contribution in [3.8, 4) is 0 Å². The van der Waals surface area contributed by atoms with Crippen LogP contribution in [-0.4, -0.2) is 27.7 Å². The van der Waals surface area contributed by atoms with Gasteiger partial charge in [0.15, 0.2) is 5.78 Å². The molecule has 3 fully saturated rings. The van der Waals surface area contributed by atoms with E-state index in [1.165, 1.54) is 25.7 Å². The molecule has 4 rings (SSSR count). The highest BCUT2D eigenvalue weighted by atomic mass is 16.3. The van der Waals surface area contributed by atoms with Gasteiger partial charge in [0.25, 0.3) is 0 Å². The lowest BCUT2D eigenvalue weighted by molar-refractivity contribution is -0.166. The number of hydrogen-bond acceptors (Lipinski definition) is 3. The number of allylic oxidation sites excluding steroid dienone is 1. The predicted octanol–water partition coefficient (Wildman–Crippen LogP) is 5.68. The molecule has 30 heavy (non-hydrogen) atoms. The van der Waals surface area contributed by atoms with E-state index < -0.39 is 17.1 Å². The molecule has 170 valence electrons. The van der Waals surface area contributed by atoms with Crippen LogP contribution in [0.3, 0.4) is 0 Å². The van der Waals surface area contributed by atoms with Crippen LogP contribution < -0.4 is 0 Å². The summed E-state index contributed by atoms with van der Waals surface area (Å²) in [5.74, 6) is 2.43. The van der Waals surface area contributed by atoms with Crippen LogP contribution in [0.2, 0.25) is 0 Å². The number of ketones is 1. The van der Waals surface area contributed by atoms with Gasteiger partial charge in [-0.25, -0.2) is 0 Å². The van der Waals surface area contributed by atoms with Gasteiger partial charge in [-0.15, -0.1) is 0 Å². The fraction of sp³-hybridized carbons (Fsp3) is 0.889. The third kappa shape index (κ3) is 3.25. The highest BCUT2D eigenvalue weighted by Gasteiger charge is 2.66. The average Bonchev–Trinajstić information content (AvgIpc) is 3.02. The van der Waals surface area contributed by atoms with Crippen molar-refractivity contribution in [1.82, 2.24) is 0 Å². The molecule has 0 heterocycles. The molecule has 0 spiro atoms. The molecule has 0 aliphatic heterocycles. The van der Waals surface area contributed by atoms with Crippen LogP contribution in [0.1, 0.15) is 98.8 Å². The van der Waals surface area contributed by atoms with Crippen molar-refractivity contribution in [3.63, 3.8) is 0 Å². The molecule has 0 amide bonds.